The first-order valence-corrected chi connectivity index (χ1v) is 4.15. The fourth-order valence-corrected chi connectivity index (χ4v) is 0.930. The Morgan fingerprint density at radius 2 is 2.08 bits per heavy atom. The third-order valence-electron chi connectivity index (χ3n) is 1.41. The number of hydrogen-bond acceptors (Lipinski definition) is 2. The summed E-state index contributed by atoms with van der Waals surface area (Å²) >= 11 is 5.65. The molecule has 3 heteroatoms. The number of ether oxygens (including phenoxy) is 1. The summed E-state index contributed by atoms with van der Waals surface area (Å²) in [6.07, 6.45) is 1.52. The molecule has 0 aliphatic carbocycles. The molecule has 0 unspecified atom stereocenters. The maximum atomic E-state index is 11.2. The minimum Gasteiger partial charge on any atom is -0.458 e. The van der Waals surface area contributed by atoms with Crippen molar-refractivity contribution in [1.82, 2.24) is 0 Å². The summed E-state index contributed by atoms with van der Waals surface area (Å²) in [5, 5.41) is 0.597. The summed E-state index contributed by atoms with van der Waals surface area (Å²) in [5.41, 5.74) is 0.492. The first-order valence-electron chi connectivity index (χ1n) is 3.77. The molecule has 0 saturated carbocycles. The second kappa shape index (κ2) is 4.67. The molecule has 0 radical (unpaired) electrons. The minimum absolute atomic E-state index is 0.224. The molecular formula is C10H9ClO2. The number of carbonyl (C=O) groups is 1. The molecule has 2 nitrogen and oxygen atoms in total. The maximum absolute atomic E-state index is 11.2. The first-order chi connectivity index (χ1) is 6.24. The minimum atomic E-state index is -0.364. The van der Waals surface area contributed by atoms with Gasteiger partial charge < -0.3 is 4.74 Å². The standard InChI is InChI=1S/C10H9ClO2/c1-2-7-13-10(12)8-3-5-9(11)6-4-8/h2-6H,1,7H2. The van der Waals surface area contributed by atoms with Gasteiger partial charge in [-0.1, -0.05) is 24.3 Å². The molecule has 0 aliphatic rings. The van der Waals surface area contributed by atoms with E-state index in [9.17, 15) is 4.79 Å². The molecule has 0 heterocycles. The molecule has 0 amide bonds. The normalized spacial score (nSPS) is 9.31. The van der Waals surface area contributed by atoms with Crippen molar-refractivity contribution in [1.29, 1.82) is 0 Å². The van der Waals surface area contributed by atoms with Crippen LogP contribution in [0.2, 0.25) is 5.02 Å². The monoisotopic (exact) mass is 196 g/mol. The molecule has 1 aromatic carbocycles. The fraction of sp³-hybridized carbons (Fsp3) is 0.100. The van der Waals surface area contributed by atoms with Gasteiger partial charge in [0.25, 0.3) is 0 Å². The van der Waals surface area contributed by atoms with E-state index >= 15 is 0 Å². The molecule has 0 N–H and O–H groups in total. The van der Waals surface area contributed by atoms with E-state index in [1.807, 2.05) is 0 Å². The van der Waals surface area contributed by atoms with Crippen molar-refractivity contribution >= 4 is 17.6 Å². The van der Waals surface area contributed by atoms with Crippen LogP contribution < -0.4 is 0 Å². The van der Waals surface area contributed by atoms with Crippen molar-refractivity contribution < 1.29 is 9.53 Å². The second-order valence-electron chi connectivity index (χ2n) is 2.39. The highest BCUT2D eigenvalue weighted by atomic mass is 35.5. The van der Waals surface area contributed by atoms with Crippen LogP contribution in [-0.4, -0.2) is 12.6 Å². The molecule has 0 atom stereocenters. The molecule has 0 spiro atoms. The van der Waals surface area contributed by atoms with E-state index < -0.39 is 0 Å². The average molecular weight is 197 g/mol. The number of carbonyl (C=O) groups excluding carboxylic acids is 1. The highest BCUT2D eigenvalue weighted by Crippen LogP contribution is 2.10. The van der Waals surface area contributed by atoms with E-state index in [1.54, 1.807) is 24.3 Å². The average Bonchev–Trinajstić information content (AvgIpc) is 2.15. The third-order valence-corrected chi connectivity index (χ3v) is 1.66. The van der Waals surface area contributed by atoms with Gasteiger partial charge in [-0.3, -0.25) is 0 Å². The predicted octanol–water partition coefficient (Wildman–Crippen LogP) is 2.68. The lowest BCUT2D eigenvalue weighted by molar-refractivity contribution is 0.0550. The Balaban J connectivity index is 2.66. The molecule has 0 fully saturated rings. The fourth-order valence-electron chi connectivity index (χ4n) is 0.804. The van der Waals surface area contributed by atoms with Crippen LogP contribution in [0.4, 0.5) is 0 Å². The summed E-state index contributed by atoms with van der Waals surface area (Å²) in [5.74, 6) is -0.364. The SMILES string of the molecule is C=CCOC(=O)c1ccc(Cl)cc1. The lowest BCUT2D eigenvalue weighted by Crippen LogP contribution is -2.04. The lowest BCUT2D eigenvalue weighted by atomic mass is 10.2. The maximum Gasteiger partial charge on any atom is 0.338 e. The number of rotatable bonds is 3. The molecule has 0 saturated heterocycles. The van der Waals surface area contributed by atoms with E-state index in [2.05, 4.69) is 6.58 Å². The van der Waals surface area contributed by atoms with Gasteiger partial charge in [-0.05, 0) is 24.3 Å². The van der Waals surface area contributed by atoms with Gasteiger partial charge in [-0.2, -0.15) is 0 Å². The third kappa shape index (κ3) is 2.92. The van der Waals surface area contributed by atoms with Gasteiger partial charge in [0.1, 0.15) is 6.61 Å². The summed E-state index contributed by atoms with van der Waals surface area (Å²) in [6, 6.07) is 6.53. The van der Waals surface area contributed by atoms with E-state index in [4.69, 9.17) is 16.3 Å². The zero-order valence-electron chi connectivity index (χ0n) is 7.00. The van der Waals surface area contributed by atoms with Crippen LogP contribution in [0.3, 0.4) is 0 Å². The van der Waals surface area contributed by atoms with Crippen LogP contribution in [0.1, 0.15) is 10.4 Å². The summed E-state index contributed by atoms with van der Waals surface area (Å²) in [7, 11) is 0. The van der Waals surface area contributed by atoms with Gasteiger partial charge in [-0.15, -0.1) is 0 Å². The van der Waals surface area contributed by atoms with Crippen LogP contribution in [0.5, 0.6) is 0 Å². The zero-order valence-corrected chi connectivity index (χ0v) is 7.75. The Labute approximate surface area is 81.8 Å². The molecule has 0 bridgehead atoms. The highest BCUT2D eigenvalue weighted by Gasteiger charge is 2.04. The van der Waals surface area contributed by atoms with Crippen LogP contribution in [-0.2, 0) is 4.74 Å². The Bertz CT molecular complexity index is 303. The van der Waals surface area contributed by atoms with Crippen molar-refractivity contribution in [2.24, 2.45) is 0 Å². The Morgan fingerprint density at radius 1 is 1.46 bits per heavy atom. The smallest absolute Gasteiger partial charge is 0.338 e. The molecule has 13 heavy (non-hydrogen) atoms. The Hall–Kier alpha value is -1.28. The van der Waals surface area contributed by atoms with Crippen molar-refractivity contribution in [3.05, 3.63) is 47.5 Å². The Kier molecular flexibility index (Phi) is 3.53. The van der Waals surface area contributed by atoms with Crippen LogP contribution in [0.15, 0.2) is 36.9 Å². The van der Waals surface area contributed by atoms with Crippen molar-refractivity contribution in [2.45, 2.75) is 0 Å². The van der Waals surface area contributed by atoms with Gasteiger partial charge in [0.2, 0.25) is 0 Å². The number of halogens is 1. The molecule has 0 aliphatic heterocycles. The first kappa shape index (κ1) is 9.81. The van der Waals surface area contributed by atoms with Gasteiger partial charge in [-0.25, -0.2) is 4.79 Å². The topological polar surface area (TPSA) is 26.3 Å². The number of esters is 1. The van der Waals surface area contributed by atoms with Gasteiger partial charge in [0, 0.05) is 5.02 Å². The molecule has 1 rings (SSSR count). The van der Waals surface area contributed by atoms with Gasteiger partial charge in [0.15, 0.2) is 0 Å². The van der Waals surface area contributed by atoms with Crippen molar-refractivity contribution in [3.8, 4) is 0 Å². The largest absolute Gasteiger partial charge is 0.458 e. The molecule has 0 aromatic heterocycles. The summed E-state index contributed by atoms with van der Waals surface area (Å²) in [6.45, 7) is 3.67. The van der Waals surface area contributed by atoms with Gasteiger partial charge in [0.05, 0.1) is 5.56 Å². The Morgan fingerprint density at radius 3 is 2.62 bits per heavy atom. The van der Waals surface area contributed by atoms with Crippen molar-refractivity contribution in [2.75, 3.05) is 6.61 Å². The predicted molar refractivity (Wildman–Crippen MR) is 51.9 cm³/mol. The van der Waals surface area contributed by atoms with Gasteiger partial charge >= 0.3 is 5.97 Å². The van der Waals surface area contributed by atoms with E-state index in [0.717, 1.165) is 0 Å². The zero-order chi connectivity index (χ0) is 9.68. The van der Waals surface area contributed by atoms with E-state index in [0.29, 0.717) is 10.6 Å². The quantitative estimate of drug-likeness (QED) is 0.549. The molecule has 68 valence electrons. The number of benzene rings is 1. The van der Waals surface area contributed by atoms with Crippen LogP contribution >= 0.6 is 11.6 Å². The van der Waals surface area contributed by atoms with E-state index in [1.165, 1.54) is 6.08 Å². The van der Waals surface area contributed by atoms with Crippen molar-refractivity contribution in [3.63, 3.8) is 0 Å². The van der Waals surface area contributed by atoms with E-state index in [-0.39, 0.29) is 12.6 Å². The van der Waals surface area contributed by atoms with Crippen LogP contribution in [0.25, 0.3) is 0 Å². The lowest BCUT2D eigenvalue weighted by Gasteiger charge is -2.00. The number of hydrogen-bond donors (Lipinski definition) is 0. The molecular weight excluding hydrogens is 188 g/mol. The molecule has 1 aromatic rings. The summed E-state index contributed by atoms with van der Waals surface area (Å²) in [4.78, 5) is 11.2. The summed E-state index contributed by atoms with van der Waals surface area (Å²) < 4.78 is 4.82. The van der Waals surface area contributed by atoms with Crippen LogP contribution in [0, 0.1) is 0 Å². The second-order valence-corrected chi connectivity index (χ2v) is 2.83. The highest BCUT2D eigenvalue weighted by molar-refractivity contribution is 6.30.